The summed E-state index contributed by atoms with van der Waals surface area (Å²) in [6.07, 6.45) is 1.61. The molecule has 0 saturated carbocycles. The van der Waals surface area contributed by atoms with Crippen LogP contribution < -0.4 is 4.90 Å². The van der Waals surface area contributed by atoms with Gasteiger partial charge >= 0.3 is 0 Å². The number of furan rings is 1. The van der Waals surface area contributed by atoms with Crippen molar-refractivity contribution in [3.05, 3.63) is 94.9 Å². The first kappa shape index (κ1) is 24.4. The zero-order valence-electron chi connectivity index (χ0n) is 20.2. The van der Waals surface area contributed by atoms with Gasteiger partial charge in [0.15, 0.2) is 10.9 Å². The van der Waals surface area contributed by atoms with Gasteiger partial charge in [0.25, 0.3) is 5.91 Å². The molecule has 0 bridgehead atoms. The van der Waals surface area contributed by atoms with E-state index in [4.69, 9.17) is 4.42 Å². The molecule has 6 rings (SSSR count). The molecule has 0 N–H and O–H groups in total. The van der Waals surface area contributed by atoms with E-state index in [2.05, 4.69) is 15.2 Å². The molecule has 1 aliphatic heterocycles. The van der Waals surface area contributed by atoms with Gasteiger partial charge in [0.05, 0.1) is 17.7 Å². The van der Waals surface area contributed by atoms with Gasteiger partial charge in [-0.3, -0.25) is 9.36 Å². The van der Waals surface area contributed by atoms with Crippen molar-refractivity contribution in [2.75, 3.05) is 31.1 Å². The molecule has 0 radical (unpaired) electrons. The molecule has 1 saturated heterocycles. The van der Waals surface area contributed by atoms with Crippen molar-refractivity contribution < 1.29 is 13.6 Å². The number of thiazole rings is 1. The third-order valence-corrected chi connectivity index (χ3v) is 8.22. The highest BCUT2D eigenvalue weighted by Gasteiger charge is 2.25. The number of para-hydroxylation sites is 2. The first-order valence-corrected chi connectivity index (χ1v) is 13.9. The molecule has 38 heavy (non-hydrogen) atoms. The first-order valence-electron chi connectivity index (χ1n) is 12.1. The number of carbonyl (C=O) groups excluding carboxylic acids is 1. The van der Waals surface area contributed by atoms with E-state index in [1.807, 2.05) is 58.0 Å². The summed E-state index contributed by atoms with van der Waals surface area (Å²) in [6.45, 7) is 2.19. The number of nitrogens with zero attached hydrogens (tertiary/aromatic N) is 6. The van der Waals surface area contributed by atoms with Gasteiger partial charge in [0, 0.05) is 37.2 Å². The van der Waals surface area contributed by atoms with E-state index in [-0.39, 0.29) is 11.7 Å². The summed E-state index contributed by atoms with van der Waals surface area (Å²) in [4.78, 5) is 21.5. The monoisotopic (exact) mass is 546 g/mol. The van der Waals surface area contributed by atoms with Crippen molar-refractivity contribution in [2.24, 2.45) is 0 Å². The molecular weight excluding hydrogens is 523 g/mol. The number of piperazine rings is 1. The molecule has 0 aliphatic carbocycles. The number of halogens is 1. The average molecular weight is 547 g/mol. The lowest BCUT2D eigenvalue weighted by Crippen LogP contribution is -2.49. The minimum absolute atomic E-state index is 0.0989. The van der Waals surface area contributed by atoms with Crippen LogP contribution in [0.2, 0.25) is 0 Å². The van der Waals surface area contributed by atoms with Gasteiger partial charge in [-0.1, -0.05) is 42.1 Å². The van der Waals surface area contributed by atoms with Crippen LogP contribution in [0.5, 0.6) is 0 Å². The molecule has 1 aliphatic rings. The van der Waals surface area contributed by atoms with Crippen LogP contribution in [0, 0.1) is 5.82 Å². The summed E-state index contributed by atoms with van der Waals surface area (Å²) in [5, 5.41) is 12.1. The number of carbonyl (C=O) groups is 1. The number of amides is 1. The van der Waals surface area contributed by atoms with E-state index in [0.717, 1.165) is 10.7 Å². The molecule has 192 valence electrons. The molecule has 4 heterocycles. The second-order valence-corrected chi connectivity index (χ2v) is 10.5. The first-order chi connectivity index (χ1) is 18.7. The molecule has 0 atom stereocenters. The highest BCUT2D eigenvalue weighted by Crippen LogP contribution is 2.31. The Morgan fingerprint density at radius 2 is 1.76 bits per heavy atom. The summed E-state index contributed by atoms with van der Waals surface area (Å²) >= 11 is 2.95. The maximum absolute atomic E-state index is 14.1. The van der Waals surface area contributed by atoms with Crippen molar-refractivity contribution in [3.63, 3.8) is 0 Å². The van der Waals surface area contributed by atoms with Crippen molar-refractivity contribution in [1.29, 1.82) is 0 Å². The predicted octanol–water partition coefficient (Wildman–Crippen LogP) is 5.38. The summed E-state index contributed by atoms with van der Waals surface area (Å²) < 4.78 is 21.7. The third kappa shape index (κ3) is 4.94. The van der Waals surface area contributed by atoms with E-state index in [1.165, 1.54) is 29.2 Å². The van der Waals surface area contributed by atoms with Crippen LogP contribution in [0.15, 0.2) is 87.9 Å². The number of aromatic nitrogens is 4. The van der Waals surface area contributed by atoms with Gasteiger partial charge in [0.1, 0.15) is 16.5 Å². The van der Waals surface area contributed by atoms with Gasteiger partial charge in [-0.2, -0.15) is 0 Å². The maximum Gasteiger partial charge on any atom is 0.273 e. The summed E-state index contributed by atoms with van der Waals surface area (Å²) in [5.41, 5.74) is 1.94. The topological polar surface area (TPSA) is 80.3 Å². The van der Waals surface area contributed by atoms with Crippen LogP contribution in [0.25, 0.3) is 17.3 Å². The third-order valence-electron chi connectivity index (χ3n) is 6.24. The van der Waals surface area contributed by atoms with Crippen LogP contribution in [0.3, 0.4) is 0 Å². The van der Waals surface area contributed by atoms with Crippen LogP contribution in [0.1, 0.15) is 15.5 Å². The van der Waals surface area contributed by atoms with E-state index in [0.29, 0.717) is 60.1 Å². The van der Waals surface area contributed by atoms with Crippen molar-refractivity contribution in [2.45, 2.75) is 10.9 Å². The Kier molecular flexibility index (Phi) is 6.93. The van der Waals surface area contributed by atoms with Crippen LogP contribution in [-0.2, 0) is 5.75 Å². The molecule has 3 aromatic heterocycles. The number of hydrogen-bond donors (Lipinski definition) is 0. The lowest BCUT2D eigenvalue weighted by Gasteiger charge is -2.35. The minimum atomic E-state index is -0.242. The van der Waals surface area contributed by atoms with E-state index in [9.17, 15) is 9.18 Å². The molecule has 2 aromatic carbocycles. The zero-order chi connectivity index (χ0) is 25.9. The van der Waals surface area contributed by atoms with Gasteiger partial charge in [0.2, 0.25) is 5.82 Å². The Hall–Kier alpha value is -3.96. The van der Waals surface area contributed by atoms with Gasteiger partial charge in [-0.15, -0.1) is 21.5 Å². The van der Waals surface area contributed by atoms with Gasteiger partial charge in [-0.25, -0.2) is 9.37 Å². The molecule has 5 aromatic rings. The van der Waals surface area contributed by atoms with Crippen molar-refractivity contribution in [1.82, 2.24) is 24.6 Å². The second-order valence-electron chi connectivity index (χ2n) is 8.60. The number of hydrogen-bond acceptors (Lipinski definition) is 8. The SMILES string of the molecule is O=C(c1csc(CSc2nnc(-c3ccco3)n2-c2ccccc2)n1)N1CCN(c2ccccc2F)CC1. The Labute approximate surface area is 226 Å². The molecular formula is C27H23FN6O2S2. The Balaban J connectivity index is 1.12. The number of anilines is 1. The Bertz CT molecular complexity index is 1530. The fraction of sp³-hybridized carbons (Fsp3) is 0.185. The zero-order valence-corrected chi connectivity index (χ0v) is 21.9. The smallest absolute Gasteiger partial charge is 0.273 e. The Morgan fingerprint density at radius 1 is 0.974 bits per heavy atom. The fourth-order valence-electron chi connectivity index (χ4n) is 4.36. The van der Waals surface area contributed by atoms with E-state index < -0.39 is 0 Å². The standard InChI is InChI=1S/C27H23FN6O2S2/c28-20-9-4-5-10-22(20)32-12-14-33(15-13-32)26(35)21-17-37-24(29-21)18-38-27-31-30-25(23-11-6-16-36-23)34(27)19-7-2-1-3-8-19/h1-11,16-17H,12-15,18H2. The largest absolute Gasteiger partial charge is 0.461 e. The Morgan fingerprint density at radius 3 is 2.53 bits per heavy atom. The lowest BCUT2D eigenvalue weighted by molar-refractivity contribution is 0.0741. The van der Waals surface area contributed by atoms with Gasteiger partial charge in [-0.05, 0) is 36.4 Å². The summed E-state index contributed by atoms with van der Waals surface area (Å²) in [7, 11) is 0. The van der Waals surface area contributed by atoms with E-state index >= 15 is 0 Å². The number of benzene rings is 2. The summed E-state index contributed by atoms with van der Waals surface area (Å²) in [6, 6.07) is 20.3. The quantitative estimate of drug-likeness (QED) is 0.254. The highest BCUT2D eigenvalue weighted by atomic mass is 32.2. The van der Waals surface area contributed by atoms with Crippen LogP contribution in [0.4, 0.5) is 10.1 Å². The predicted molar refractivity (Wildman–Crippen MR) is 145 cm³/mol. The molecule has 8 nitrogen and oxygen atoms in total. The van der Waals surface area contributed by atoms with Crippen LogP contribution >= 0.6 is 23.1 Å². The highest BCUT2D eigenvalue weighted by molar-refractivity contribution is 7.98. The molecule has 1 amide bonds. The molecule has 11 heteroatoms. The van der Waals surface area contributed by atoms with Gasteiger partial charge < -0.3 is 14.2 Å². The van der Waals surface area contributed by atoms with Crippen molar-refractivity contribution >= 4 is 34.7 Å². The number of thioether (sulfide) groups is 1. The fourth-order valence-corrected chi connectivity index (χ4v) is 6.10. The lowest BCUT2D eigenvalue weighted by atomic mass is 10.2. The number of rotatable bonds is 7. The summed E-state index contributed by atoms with van der Waals surface area (Å²) in [5.74, 6) is 1.45. The van der Waals surface area contributed by atoms with Crippen molar-refractivity contribution in [3.8, 4) is 17.3 Å². The van der Waals surface area contributed by atoms with Crippen LogP contribution in [-0.4, -0.2) is 56.7 Å². The maximum atomic E-state index is 14.1. The average Bonchev–Trinajstić information content (AvgIpc) is 3.73. The molecule has 0 spiro atoms. The second kappa shape index (κ2) is 10.8. The van der Waals surface area contributed by atoms with E-state index in [1.54, 1.807) is 28.7 Å². The molecule has 0 unspecified atom stereocenters. The normalized spacial score (nSPS) is 13.7. The minimum Gasteiger partial charge on any atom is -0.461 e. The molecule has 1 fully saturated rings.